The first-order valence-corrected chi connectivity index (χ1v) is 21.5. The number of anilines is 2. The second-order valence-electron chi connectivity index (χ2n) is 16.6. The van der Waals surface area contributed by atoms with E-state index in [1.165, 1.54) is 69.2 Å². The Kier molecular flexibility index (Phi) is 11.2. The van der Waals surface area contributed by atoms with Crippen LogP contribution < -0.4 is 9.80 Å². The zero-order chi connectivity index (χ0) is 40.3. The van der Waals surface area contributed by atoms with E-state index in [9.17, 15) is 14.7 Å². The Hall–Kier alpha value is -5.90. The molecule has 4 aliphatic rings. The first kappa shape index (κ1) is 38.6. The molecule has 2 aliphatic heterocycles. The smallest absolute Gasteiger partial charge is 0.339 e. The molecule has 0 amide bonds. The number of aromatic carboxylic acids is 1. The highest BCUT2D eigenvalue weighted by Gasteiger charge is 2.28. The van der Waals surface area contributed by atoms with Gasteiger partial charge in [-0.3, -0.25) is 9.97 Å². The summed E-state index contributed by atoms with van der Waals surface area (Å²) in [7, 11) is 1.43. The third-order valence-corrected chi connectivity index (χ3v) is 12.5. The number of esters is 1. The number of carboxylic acid groups (broad SMARTS) is 1. The van der Waals surface area contributed by atoms with E-state index in [2.05, 4.69) is 56.2 Å². The number of benzene rings is 2. The molecule has 10 rings (SSSR count). The average molecular weight is 789 g/mol. The predicted molar refractivity (Wildman–Crippen MR) is 232 cm³/mol. The lowest BCUT2D eigenvalue weighted by Crippen LogP contribution is -2.30. The third kappa shape index (κ3) is 8.49. The minimum Gasteiger partial charge on any atom is -0.478 e. The zero-order valence-electron chi connectivity index (χ0n) is 33.9. The first-order chi connectivity index (χ1) is 28.9. The lowest BCUT2D eigenvalue weighted by molar-refractivity contribution is 0.0598. The van der Waals surface area contributed by atoms with Crippen molar-refractivity contribution in [1.29, 1.82) is 0 Å². The number of ether oxygens (including phenoxy) is 1. The van der Waals surface area contributed by atoms with Gasteiger partial charge < -0.3 is 19.6 Å². The number of nitrogens with zero attached hydrogens (tertiary/aromatic N) is 6. The van der Waals surface area contributed by atoms with Crippen LogP contribution in [0.25, 0.3) is 21.5 Å². The molecule has 2 aromatic carbocycles. The molecule has 59 heavy (non-hydrogen) atoms. The highest BCUT2D eigenvalue weighted by atomic mass is 16.5. The summed E-state index contributed by atoms with van der Waals surface area (Å²) in [6.07, 6.45) is 20.7. The molecule has 0 bridgehead atoms. The van der Waals surface area contributed by atoms with Crippen molar-refractivity contribution < 1.29 is 19.4 Å². The van der Waals surface area contributed by atoms with Crippen LogP contribution in [0.1, 0.15) is 130 Å². The molecule has 2 saturated carbocycles. The van der Waals surface area contributed by atoms with Gasteiger partial charge in [-0.05, 0) is 133 Å². The Morgan fingerprint density at radius 3 is 1.51 bits per heavy atom. The fourth-order valence-electron chi connectivity index (χ4n) is 8.95. The predicted octanol–water partition coefficient (Wildman–Crippen LogP) is 9.66. The van der Waals surface area contributed by atoms with Crippen LogP contribution in [0, 0.1) is 0 Å². The molecular formula is C49H52N6O4. The Bertz CT molecular complexity index is 2500. The molecule has 4 fully saturated rings. The van der Waals surface area contributed by atoms with E-state index in [1.54, 1.807) is 0 Å². The summed E-state index contributed by atoms with van der Waals surface area (Å²) in [5, 5.41) is 14.4. The molecule has 4 aromatic heterocycles. The Morgan fingerprint density at radius 2 is 1.07 bits per heavy atom. The van der Waals surface area contributed by atoms with E-state index in [0.29, 0.717) is 41.5 Å². The number of carbonyl (C=O) groups is 2. The summed E-state index contributed by atoms with van der Waals surface area (Å²) in [5.74, 6) is 1.94. The number of hydrogen-bond acceptors (Lipinski definition) is 9. The van der Waals surface area contributed by atoms with Gasteiger partial charge >= 0.3 is 11.9 Å². The minimum atomic E-state index is -0.897. The normalized spacial score (nSPS) is 16.8. The van der Waals surface area contributed by atoms with Gasteiger partial charge in [0.15, 0.2) is 0 Å². The van der Waals surface area contributed by atoms with Gasteiger partial charge in [0.2, 0.25) is 0 Å². The summed E-state index contributed by atoms with van der Waals surface area (Å²) in [6.45, 7) is 4.22. The monoisotopic (exact) mass is 788 g/mol. The number of hydrogen-bond donors (Lipinski definition) is 1. The van der Waals surface area contributed by atoms with E-state index in [-0.39, 0.29) is 5.97 Å². The molecule has 2 saturated heterocycles. The molecule has 6 aromatic rings. The molecule has 0 spiro atoms. The van der Waals surface area contributed by atoms with Crippen LogP contribution in [0.3, 0.4) is 0 Å². The number of carbonyl (C=O) groups excluding carboxylic acids is 1. The molecule has 0 unspecified atom stereocenters. The van der Waals surface area contributed by atoms with E-state index >= 15 is 0 Å². The molecule has 0 atom stereocenters. The van der Waals surface area contributed by atoms with Gasteiger partial charge in [0.25, 0.3) is 0 Å². The topological polar surface area (TPSA) is 122 Å². The second-order valence-corrected chi connectivity index (χ2v) is 16.6. The van der Waals surface area contributed by atoms with E-state index in [0.717, 1.165) is 89.4 Å². The number of aromatic nitrogens is 4. The summed E-state index contributed by atoms with van der Waals surface area (Å²) in [4.78, 5) is 47.8. The molecule has 0 radical (unpaired) electrons. The maximum absolute atomic E-state index is 12.5. The van der Waals surface area contributed by atoms with Crippen LogP contribution in [0.4, 0.5) is 11.6 Å². The van der Waals surface area contributed by atoms with Crippen LogP contribution in [0.5, 0.6) is 0 Å². The van der Waals surface area contributed by atoms with Crippen LogP contribution in [-0.4, -0.2) is 70.3 Å². The van der Waals surface area contributed by atoms with Gasteiger partial charge in [-0.1, -0.05) is 36.4 Å². The maximum Gasteiger partial charge on any atom is 0.339 e. The lowest BCUT2D eigenvalue weighted by atomic mass is 9.98. The molecule has 6 heterocycles. The number of fused-ring (bicyclic) bond motifs is 2. The standard InChI is InChI=1S/C25H27N3O2.C24H25N3O2/c1-30-25(29)22-14-19(17-8-9-17)16-27-23(22)15-18-6-5-7-21-20(18)10-11-26-24(21)28-12-3-2-4-13-28;28-24(29)21-13-18(16-7-8-16)15-26-22(21)14-17-5-4-6-20-19(17)9-10-25-23(20)27-11-2-1-3-12-27/h5-7,10-11,14,16-17H,2-4,8-9,12-13,15H2,1H3;4-6,9-10,13,15-16H,1-3,7-8,11-12,14H2,(H,28,29). The maximum atomic E-state index is 12.5. The van der Waals surface area contributed by atoms with Crippen molar-refractivity contribution in [3.05, 3.63) is 130 Å². The van der Waals surface area contributed by atoms with Crippen molar-refractivity contribution in [2.45, 2.75) is 88.9 Å². The summed E-state index contributed by atoms with van der Waals surface area (Å²) in [5.41, 5.74) is 6.78. The Balaban J connectivity index is 0.000000152. The minimum absolute atomic E-state index is 0.309. The van der Waals surface area contributed by atoms with Crippen molar-refractivity contribution in [2.75, 3.05) is 43.1 Å². The van der Waals surface area contributed by atoms with Crippen molar-refractivity contribution >= 4 is 45.1 Å². The van der Waals surface area contributed by atoms with Gasteiger partial charge in [-0.25, -0.2) is 19.6 Å². The molecule has 1 N–H and O–H groups in total. The summed E-state index contributed by atoms with van der Waals surface area (Å²) in [6, 6.07) is 20.5. The SMILES string of the molecule is COC(=O)c1cc(C2CC2)cnc1Cc1cccc2c(N3CCCCC3)nccc12.O=C(O)c1cc(C2CC2)cnc1Cc1cccc2c(N3CCCCC3)nccc12. The van der Waals surface area contributed by atoms with Gasteiger partial charge in [0.1, 0.15) is 11.6 Å². The number of pyridine rings is 4. The third-order valence-electron chi connectivity index (χ3n) is 12.5. The van der Waals surface area contributed by atoms with Crippen molar-refractivity contribution in [3.63, 3.8) is 0 Å². The van der Waals surface area contributed by atoms with E-state index in [4.69, 9.17) is 14.7 Å². The molecule has 302 valence electrons. The molecule has 10 heteroatoms. The van der Waals surface area contributed by atoms with Gasteiger partial charge in [-0.2, -0.15) is 0 Å². The number of piperidine rings is 2. The fraction of sp³-hybridized carbons (Fsp3) is 0.388. The summed E-state index contributed by atoms with van der Waals surface area (Å²) >= 11 is 0. The van der Waals surface area contributed by atoms with Crippen LogP contribution in [0.15, 0.2) is 85.5 Å². The highest BCUT2D eigenvalue weighted by Crippen LogP contribution is 2.41. The largest absolute Gasteiger partial charge is 0.478 e. The van der Waals surface area contributed by atoms with Crippen molar-refractivity contribution in [1.82, 2.24) is 19.9 Å². The van der Waals surface area contributed by atoms with Crippen LogP contribution in [-0.2, 0) is 17.6 Å². The Labute approximate surface area is 345 Å². The van der Waals surface area contributed by atoms with E-state index in [1.807, 2.05) is 49.1 Å². The average Bonchev–Trinajstić information content (AvgIpc) is 4.23. The molecular weight excluding hydrogens is 737 g/mol. The van der Waals surface area contributed by atoms with Gasteiger partial charge in [0.05, 0.1) is 29.6 Å². The van der Waals surface area contributed by atoms with Crippen molar-refractivity contribution in [2.24, 2.45) is 0 Å². The van der Waals surface area contributed by atoms with Crippen LogP contribution in [0.2, 0.25) is 0 Å². The Morgan fingerprint density at radius 1 is 0.610 bits per heavy atom. The van der Waals surface area contributed by atoms with Gasteiger partial charge in [-0.15, -0.1) is 0 Å². The summed E-state index contributed by atoms with van der Waals surface area (Å²) < 4.78 is 5.06. The highest BCUT2D eigenvalue weighted by molar-refractivity contribution is 5.96. The molecule has 10 nitrogen and oxygen atoms in total. The number of rotatable bonds is 10. The number of carboxylic acids is 1. The van der Waals surface area contributed by atoms with E-state index < -0.39 is 5.97 Å². The van der Waals surface area contributed by atoms with Gasteiger partial charge in [0, 0.05) is 74.6 Å². The van der Waals surface area contributed by atoms with Crippen LogP contribution >= 0.6 is 0 Å². The van der Waals surface area contributed by atoms with Crippen molar-refractivity contribution in [3.8, 4) is 0 Å². The first-order valence-electron chi connectivity index (χ1n) is 21.5. The zero-order valence-corrected chi connectivity index (χ0v) is 33.9. The fourth-order valence-corrected chi connectivity index (χ4v) is 8.95. The second kappa shape index (κ2) is 17.1. The quantitative estimate of drug-likeness (QED) is 0.134. The molecule has 2 aliphatic carbocycles. The number of methoxy groups -OCH3 is 1. The lowest BCUT2D eigenvalue weighted by Gasteiger charge is -2.28.